The highest BCUT2D eigenvalue weighted by Gasteiger charge is 2.11. The summed E-state index contributed by atoms with van der Waals surface area (Å²) in [5.74, 6) is 1.02. The topological polar surface area (TPSA) is 97.2 Å². The van der Waals surface area contributed by atoms with E-state index in [0.29, 0.717) is 33.3 Å². The molecule has 9 heteroatoms. The molecule has 2 N–H and O–H groups in total. The Morgan fingerprint density at radius 2 is 2.10 bits per heavy atom. The monoisotopic (exact) mass is 470 g/mol. The van der Waals surface area contributed by atoms with Gasteiger partial charge in [0.25, 0.3) is 0 Å². The molecule has 1 aromatic carbocycles. The zero-order valence-corrected chi connectivity index (χ0v) is 17.4. The van der Waals surface area contributed by atoms with Crippen molar-refractivity contribution >= 4 is 55.1 Å². The molecule has 0 amide bonds. The number of carboxylic acids is 1. The van der Waals surface area contributed by atoms with E-state index in [4.69, 9.17) is 9.84 Å². The van der Waals surface area contributed by atoms with Crippen LogP contribution >= 0.6 is 27.3 Å². The van der Waals surface area contributed by atoms with Gasteiger partial charge in [-0.2, -0.15) is 0 Å². The molecule has 146 valence electrons. The third-order valence-corrected chi connectivity index (χ3v) is 5.43. The summed E-state index contributed by atoms with van der Waals surface area (Å²) in [7, 11) is 0. The number of hydrogen-bond donors (Lipinski definition) is 2. The minimum Gasteiger partial charge on any atom is -0.481 e. The van der Waals surface area contributed by atoms with Gasteiger partial charge in [0.1, 0.15) is 17.3 Å². The highest BCUT2D eigenvalue weighted by molar-refractivity contribution is 9.10. The molecule has 29 heavy (non-hydrogen) atoms. The summed E-state index contributed by atoms with van der Waals surface area (Å²) >= 11 is 4.87. The van der Waals surface area contributed by atoms with E-state index < -0.39 is 5.97 Å². The third kappa shape index (κ3) is 4.69. The van der Waals surface area contributed by atoms with Crippen LogP contribution in [0, 0.1) is 0 Å². The Morgan fingerprint density at radius 3 is 2.97 bits per heavy atom. The molecular formula is C20H15BrN4O3S. The molecule has 0 aliphatic heterocycles. The Morgan fingerprint density at radius 1 is 1.21 bits per heavy atom. The molecule has 3 aromatic heterocycles. The van der Waals surface area contributed by atoms with Crippen LogP contribution in [0.5, 0.6) is 11.5 Å². The summed E-state index contributed by atoms with van der Waals surface area (Å²) in [4.78, 5) is 23.8. The quantitative estimate of drug-likeness (QED) is 0.372. The Hall–Kier alpha value is -3.04. The first-order valence-electron chi connectivity index (χ1n) is 8.69. The second-order valence-corrected chi connectivity index (χ2v) is 7.80. The fourth-order valence-electron chi connectivity index (χ4n) is 2.67. The highest BCUT2D eigenvalue weighted by Crippen LogP contribution is 2.35. The molecule has 3 heterocycles. The Labute approximate surface area is 178 Å². The Balaban J connectivity index is 1.54. The van der Waals surface area contributed by atoms with E-state index in [-0.39, 0.29) is 6.42 Å². The van der Waals surface area contributed by atoms with Crippen LogP contribution in [-0.4, -0.2) is 26.0 Å². The largest absolute Gasteiger partial charge is 0.481 e. The van der Waals surface area contributed by atoms with Crippen LogP contribution in [0.4, 0.5) is 10.9 Å². The minimum atomic E-state index is -0.840. The van der Waals surface area contributed by atoms with Gasteiger partial charge < -0.3 is 15.2 Å². The van der Waals surface area contributed by atoms with Gasteiger partial charge in [0.05, 0.1) is 22.1 Å². The van der Waals surface area contributed by atoms with Crippen molar-refractivity contribution in [1.29, 1.82) is 0 Å². The SMILES string of the molecule is O=C(O)CCc1csc(Nc2cc(Oc3cccc4ncccc34)c(Br)cn2)n1. The van der Waals surface area contributed by atoms with Gasteiger partial charge in [-0.3, -0.25) is 9.78 Å². The number of rotatable bonds is 7. The summed E-state index contributed by atoms with van der Waals surface area (Å²) in [5.41, 5.74) is 1.59. The Bertz CT molecular complexity index is 1180. The van der Waals surface area contributed by atoms with E-state index in [0.717, 1.165) is 16.6 Å². The molecule has 0 fully saturated rings. The van der Waals surface area contributed by atoms with Crippen molar-refractivity contribution in [2.24, 2.45) is 0 Å². The molecule has 0 unspecified atom stereocenters. The maximum atomic E-state index is 10.7. The van der Waals surface area contributed by atoms with Gasteiger partial charge in [-0.25, -0.2) is 9.97 Å². The lowest BCUT2D eigenvalue weighted by Gasteiger charge is -2.11. The number of halogens is 1. The van der Waals surface area contributed by atoms with Crippen molar-refractivity contribution in [3.05, 3.63) is 64.3 Å². The number of hydrogen-bond acceptors (Lipinski definition) is 7. The highest BCUT2D eigenvalue weighted by atomic mass is 79.9. The number of nitrogens with one attached hydrogen (secondary N) is 1. The lowest BCUT2D eigenvalue weighted by Crippen LogP contribution is -1.98. The normalized spacial score (nSPS) is 10.8. The number of fused-ring (bicyclic) bond motifs is 1. The molecule has 0 bridgehead atoms. The van der Waals surface area contributed by atoms with E-state index in [2.05, 4.69) is 36.2 Å². The zero-order chi connectivity index (χ0) is 20.2. The van der Waals surface area contributed by atoms with Crippen LogP contribution in [0.1, 0.15) is 12.1 Å². The summed E-state index contributed by atoms with van der Waals surface area (Å²) in [6.07, 6.45) is 3.84. The number of anilines is 2. The number of ether oxygens (including phenoxy) is 1. The van der Waals surface area contributed by atoms with Crippen LogP contribution in [0.3, 0.4) is 0 Å². The number of thiazole rings is 1. The Kier molecular flexibility index (Phi) is 5.68. The van der Waals surface area contributed by atoms with E-state index in [1.807, 2.05) is 35.7 Å². The molecular weight excluding hydrogens is 456 g/mol. The van der Waals surface area contributed by atoms with Gasteiger partial charge in [0.15, 0.2) is 5.13 Å². The maximum Gasteiger partial charge on any atom is 0.303 e. The summed E-state index contributed by atoms with van der Waals surface area (Å²) in [6.45, 7) is 0. The van der Waals surface area contributed by atoms with E-state index >= 15 is 0 Å². The molecule has 0 spiro atoms. The fourth-order valence-corrected chi connectivity index (χ4v) is 3.72. The van der Waals surface area contributed by atoms with Crippen LogP contribution in [0.15, 0.2) is 58.6 Å². The number of carboxylic acid groups (broad SMARTS) is 1. The van der Waals surface area contributed by atoms with Gasteiger partial charge in [-0.05, 0) is 40.2 Å². The molecule has 0 saturated heterocycles. The van der Waals surface area contributed by atoms with Crippen molar-refractivity contribution in [3.63, 3.8) is 0 Å². The van der Waals surface area contributed by atoms with Crippen LogP contribution in [-0.2, 0) is 11.2 Å². The van der Waals surface area contributed by atoms with Crippen molar-refractivity contribution in [2.45, 2.75) is 12.8 Å². The summed E-state index contributed by atoms with van der Waals surface area (Å²) in [6, 6.07) is 11.3. The number of benzene rings is 1. The summed E-state index contributed by atoms with van der Waals surface area (Å²) < 4.78 is 6.83. The van der Waals surface area contributed by atoms with Crippen molar-refractivity contribution in [2.75, 3.05) is 5.32 Å². The van der Waals surface area contributed by atoms with E-state index in [1.54, 1.807) is 18.5 Å². The number of carbonyl (C=O) groups is 1. The molecule has 7 nitrogen and oxygen atoms in total. The molecule has 0 saturated carbocycles. The first-order valence-corrected chi connectivity index (χ1v) is 10.4. The zero-order valence-electron chi connectivity index (χ0n) is 15.0. The van der Waals surface area contributed by atoms with Crippen molar-refractivity contribution < 1.29 is 14.6 Å². The molecule has 4 aromatic rings. The molecule has 0 radical (unpaired) electrons. The van der Waals surface area contributed by atoms with Gasteiger partial charge >= 0.3 is 5.97 Å². The van der Waals surface area contributed by atoms with Crippen LogP contribution in [0.2, 0.25) is 0 Å². The van der Waals surface area contributed by atoms with Gasteiger partial charge in [-0.15, -0.1) is 11.3 Å². The van der Waals surface area contributed by atoms with Crippen LogP contribution < -0.4 is 10.1 Å². The molecule has 0 aliphatic rings. The first-order chi connectivity index (χ1) is 14.1. The lowest BCUT2D eigenvalue weighted by molar-refractivity contribution is -0.136. The number of aryl methyl sites for hydroxylation is 1. The predicted octanol–water partition coefficient (Wildman–Crippen LogP) is 5.40. The molecule has 0 aliphatic carbocycles. The second-order valence-electron chi connectivity index (χ2n) is 6.09. The summed E-state index contributed by atoms with van der Waals surface area (Å²) in [5, 5.41) is 15.3. The van der Waals surface area contributed by atoms with Crippen molar-refractivity contribution in [3.8, 4) is 11.5 Å². The standard InChI is InChI=1S/C20H15BrN4O3S/c21-14-10-23-18(25-20-24-12(11-29-20)6-7-19(26)27)9-17(14)28-16-5-1-4-15-13(16)3-2-8-22-15/h1-5,8-11H,6-7H2,(H,26,27)(H,23,24,25). The van der Waals surface area contributed by atoms with E-state index in [9.17, 15) is 4.79 Å². The van der Waals surface area contributed by atoms with Gasteiger partial charge in [0.2, 0.25) is 0 Å². The average Bonchev–Trinajstić information content (AvgIpc) is 3.16. The predicted molar refractivity (Wildman–Crippen MR) is 115 cm³/mol. The van der Waals surface area contributed by atoms with E-state index in [1.165, 1.54) is 11.3 Å². The van der Waals surface area contributed by atoms with Gasteiger partial charge in [-0.1, -0.05) is 6.07 Å². The molecule has 0 atom stereocenters. The first kappa shape index (κ1) is 19.3. The molecule has 4 rings (SSSR count). The maximum absolute atomic E-state index is 10.7. The number of aromatic nitrogens is 3. The number of nitrogens with zero attached hydrogens (tertiary/aromatic N) is 3. The lowest BCUT2D eigenvalue weighted by atomic mass is 10.2. The third-order valence-electron chi connectivity index (χ3n) is 4.03. The fraction of sp³-hybridized carbons (Fsp3) is 0.100. The second kappa shape index (κ2) is 8.54. The van der Waals surface area contributed by atoms with Gasteiger partial charge in [0, 0.05) is 35.6 Å². The number of pyridine rings is 2. The number of aliphatic carboxylic acids is 1. The van der Waals surface area contributed by atoms with Crippen LogP contribution in [0.25, 0.3) is 10.9 Å². The van der Waals surface area contributed by atoms with Crippen molar-refractivity contribution in [1.82, 2.24) is 15.0 Å². The average molecular weight is 471 g/mol. The smallest absolute Gasteiger partial charge is 0.303 e. The minimum absolute atomic E-state index is 0.0532.